The first-order valence-electron chi connectivity index (χ1n) is 6.58. The van der Waals surface area contributed by atoms with Crippen LogP contribution in [0.1, 0.15) is 40.0 Å². The molecule has 1 aliphatic heterocycles. The van der Waals surface area contributed by atoms with Crippen LogP contribution in [0, 0.1) is 5.92 Å². The van der Waals surface area contributed by atoms with Gasteiger partial charge in [0.05, 0.1) is 6.10 Å². The third kappa shape index (κ3) is 2.96. The van der Waals surface area contributed by atoms with E-state index in [1.807, 2.05) is 0 Å². The Labute approximate surface area is 100 Å². The van der Waals surface area contributed by atoms with Crippen molar-refractivity contribution < 1.29 is 4.74 Å². The second kappa shape index (κ2) is 5.99. The number of hydrogen-bond donors (Lipinski definition) is 1. The summed E-state index contributed by atoms with van der Waals surface area (Å²) in [5.41, 5.74) is 6.20. The molecule has 1 aliphatic rings. The summed E-state index contributed by atoms with van der Waals surface area (Å²) in [5, 5.41) is 0. The molecule has 2 unspecified atom stereocenters. The molecule has 0 aliphatic carbocycles. The third-order valence-corrected chi connectivity index (χ3v) is 3.97. The van der Waals surface area contributed by atoms with E-state index in [2.05, 4.69) is 32.7 Å². The molecule has 2 atom stereocenters. The van der Waals surface area contributed by atoms with E-state index in [0.29, 0.717) is 12.0 Å². The molecule has 0 spiro atoms. The summed E-state index contributed by atoms with van der Waals surface area (Å²) >= 11 is 0. The van der Waals surface area contributed by atoms with E-state index in [9.17, 15) is 0 Å². The quantitative estimate of drug-likeness (QED) is 0.780. The molecule has 1 fully saturated rings. The van der Waals surface area contributed by atoms with Gasteiger partial charge in [0.2, 0.25) is 0 Å². The SMILES string of the molecule is CCCN(C)C1(CN)CCOC(C(C)C)C1. The maximum atomic E-state index is 6.03. The van der Waals surface area contributed by atoms with Crippen LogP contribution in [-0.4, -0.2) is 43.3 Å². The summed E-state index contributed by atoms with van der Waals surface area (Å²) in [6.45, 7) is 9.42. The first-order valence-corrected chi connectivity index (χ1v) is 6.58. The van der Waals surface area contributed by atoms with Gasteiger partial charge in [-0.3, -0.25) is 4.90 Å². The molecule has 0 saturated carbocycles. The summed E-state index contributed by atoms with van der Waals surface area (Å²) in [5.74, 6) is 0.584. The highest BCUT2D eigenvalue weighted by atomic mass is 16.5. The van der Waals surface area contributed by atoms with E-state index in [4.69, 9.17) is 10.5 Å². The fraction of sp³-hybridized carbons (Fsp3) is 1.00. The Hall–Kier alpha value is -0.120. The lowest BCUT2D eigenvalue weighted by Crippen LogP contribution is -2.58. The predicted molar refractivity (Wildman–Crippen MR) is 68.5 cm³/mol. The van der Waals surface area contributed by atoms with Crippen LogP contribution in [0.4, 0.5) is 0 Å². The maximum Gasteiger partial charge on any atom is 0.0616 e. The molecule has 0 amide bonds. The number of rotatable bonds is 5. The molecule has 2 N–H and O–H groups in total. The van der Waals surface area contributed by atoms with E-state index >= 15 is 0 Å². The summed E-state index contributed by atoms with van der Waals surface area (Å²) in [4.78, 5) is 2.45. The number of hydrogen-bond acceptors (Lipinski definition) is 3. The lowest BCUT2D eigenvalue weighted by Gasteiger charge is -2.47. The minimum absolute atomic E-state index is 0.170. The molecule has 1 rings (SSSR count). The van der Waals surface area contributed by atoms with E-state index in [1.54, 1.807) is 0 Å². The van der Waals surface area contributed by atoms with Gasteiger partial charge in [-0.05, 0) is 38.8 Å². The first-order chi connectivity index (χ1) is 7.55. The van der Waals surface area contributed by atoms with Crippen LogP contribution in [-0.2, 0) is 4.74 Å². The molecule has 3 heteroatoms. The molecule has 0 radical (unpaired) electrons. The standard InChI is InChI=1S/C13H28N2O/c1-5-7-15(4)13(10-14)6-8-16-12(9-13)11(2)3/h11-12H,5-10,14H2,1-4H3. The van der Waals surface area contributed by atoms with Gasteiger partial charge >= 0.3 is 0 Å². The van der Waals surface area contributed by atoms with Crippen molar-refractivity contribution in [2.24, 2.45) is 11.7 Å². The highest BCUT2D eigenvalue weighted by molar-refractivity contribution is 4.95. The van der Waals surface area contributed by atoms with E-state index < -0.39 is 0 Å². The molecule has 0 aromatic heterocycles. The minimum atomic E-state index is 0.170. The lowest BCUT2D eigenvalue weighted by molar-refractivity contribution is -0.0813. The Balaban J connectivity index is 2.70. The van der Waals surface area contributed by atoms with Crippen LogP contribution in [0.25, 0.3) is 0 Å². The van der Waals surface area contributed by atoms with Crippen LogP contribution in [0.2, 0.25) is 0 Å². The number of nitrogens with two attached hydrogens (primary N) is 1. The fourth-order valence-corrected chi connectivity index (χ4v) is 2.62. The average Bonchev–Trinajstić information content (AvgIpc) is 2.29. The topological polar surface area (TPSA) is 38.5 Å². The zero-order valence-corrected chi connectivity index (χ0v) is 11.3. The number of nitrogens with zero attached hydrogens (tertiary/aromatic N) is 1. The minimum Gasteiger partial charge on any atom is -0.378 e. The van der Waals surface area contributed by atoms with Crippen molar-refractivity contribution >= 4 is 0 Å². The first kappa shape index (κ1) is 13.9. The molecular formula is C13H28N2O. The Morgan fingerprint density at radius 3 is 2.69 bits per heavy atom. The zero-order chi connectivity index (χ0) is 12.2. The van der Waals surface area contributed by atoms with Crippen molar-refractivity contribution in [2.45, 2.75) is 51.7 Å². The average molecular weight is 228 g/mol. The summed E-state index contributed by atoms with van der Waals surface area (Å²) < 4.78 is 5.84. The Morgan fingerprint density at radius 1 is 1.50 bits per heavy atom. The van der Waals surface area contributed by atoms with Crippen LogP contribution in [0.15, 0.2) is 0 Å². The zero-order valence-electron chi connectivity index (χ0n) is 11.3. The molecule has 1 heterocycles. The number of ether oxygens (including phenoxy) is 1. The van der Waals surface area contributed by atoms with Crippen molar-refractivity contribution in [1.29, 1.82) is 0 Å². The van der Waals surface area contributed by atoms with Gasteiger partial charge < -0.3 is 10.5 Å². The lowest BCUT2D eigenvalue weighted by atomic mass is 9.82. The molecule has 96 valence electrons. The Morgan fingerprint density at radius 2 is 2.19 bits per heavy atom. The second-order valence-electron chi connectivity index (χ2n) is 5.46. The van der Waals surface area contributed by atoms with Gasteiger partial charge in [0.1, 0.15) is 0 Å². The van der Waals surface area contributed by atoms with E-state index in [-0.39, 0.29) is 5.54 Å². The summed E-state index contributed by atoms with van der Waals surface area (Å²) in [6.07, 6.45) is 3.71. The van der Waals surface area contributed by atoms with E-state index in [1.165, 1.54) is 6.42 Å². The van der Waals surface area contributed by atoms with Crippen molar-refractivity contribution in [3.8, 4) is 0 Å². The van der Waals surface area contributed by atoms with E-state index in [0.717, 1.165) is 32.5 Å². The summed E-state index contributed by atoms with van der Waals surface area (Å²) in [7, 11) is 2.21. The number of likely N-dealkylation sites (N-methyl/N-ethyl adjacent to an activating group) is 1. The Bertz CT molecular complexity index is 208. The van der Waals surface area contributed by atoms with Crippen molar-refractivity contribution in [3.05, 3.63) is 0 Å². The van der Waals surface area contributed by atoms with Gasteiger partial charge in [-0.25, -0.2) is 0 Å². The summed E-state index contributed by atoms with van der Waals surface area (Å²) in [6, 6.07) is 0. The van der Waals surface area contributed by atoms with Crippen LogP contribution >= 0.6 is 0 Å². The molecule has 1 saturated heterocycles. The maximum absolute atomic E-state index is 6.03. The second-order valence-corrected chi connectivity index (χ2v) is 5.46. The van der Waals surface area contributed by atoms with Gasteiger partial charge in [0, 0.05) is 18.7 Å². The van der Waals surface area contributed by atoms with Gasteiger partial charge in [0.25, 0.3) is 0 Å². The molecule has 0 aromatic rings. The molecule has 0 aromatic carbocycles. The largest absolute Gasteiger partial charge is 0.378 e. The fourth-order valence-electron chi connectivity index (χ4n) is 2.62. The van der Waals surface area contributed by atoms with Gasteiger partial charge in [0.15, 0.2) is 0 Å². The van der Waals surface area contributed by atoms with Crippen molar-refractivity contribution in [2.75, 3.05) is 26.7 Å². The molecule has 16 heavy (non-hydrogen) atoms. The van der Waals surface area contributed by atoms with Gasteiger partial charge in [-0.1, -0.05) is 20.8 Å². The van der Waals surface area contributed by atoms with Gasteiger partial charge in [-0.15, -0.1) is 0 Å². The Kier molecular flexibility index (Phi) is 5.22. The van der Waals surface area contributed by atoms with Crippen molar-refractivity contribution in [3.63, 3.8) is 0 Å². The highest BCUT2D eigenvalue weighted by Crippen LogP contribution is 2.32. The predicted octanol–water partition coefficient (Wildman–Crippen LogP) is 1.86. The van der Waals surface area contributed by atoms with Crippen LogP contribution in [0.3, 0.4) is 0 Å². The highest BCUT2D eigenvalue weighted by Gasteiger charge is 2.39. The third-order valence-electron chi connectivity index (χ3n) is 3.97. The molecular weight excluding hydrogens is 200 g/mol. The molecule has 3 nitrogen and oxygen atoms in total. The van der Waals surface area contributed by atoms with Crippen molar-refractivity contribution in [1.82, 2.24) is 4.90 Å². The normalized spacial score (nSPS) is 31.3. The van der Waals surface area contributed by atoms with Crippen LogP contribution in [0.5, 0.6) is 0 Å². The smallest absolute Gasteiger partial charge is 0.0616 e. The molecule has 0 bridgehead atoms. The monoisotopic (exact) mass is 228 g/mol. The van der Waals surface area contributed by atoms with Crippen LogP contribution < -0.4 is 5.73 Å². The van der Waals surface area contributed by atoms with Gasteiger partial charge in [-0.2, -0.15) is 0 Å².